The van der Waals surface area contributed by atoms with Crippen LogP contribution in [0.25, 0.3) is 0 Å². The van der Waals surface area contributed by atoms with Crippen LogP contribution in [-0.2, 0) is 14.3 Å². The standard InChI is InChI=1S/C9H14O4/c1-3-13-6(2)9(8(11)12)4-7(10)5-9/h6H,3-5H2,1-2H3,(H,11,12). The second-order valence-electron chi connectivity index (χ2n) is 3.45. The highest BCUT2D eigenvalue weighted by molar-refractivity contribution is 5.97. The van der Waals surface area contributed by atoms with Gasteiger partial charge >= 0.3 is 5.97 Å². The van der Waals surface area contributed by atoms with Gasteiger partial charge in [0.1, 0.15) is 11.2 Å². The number of carbonyl (C=O) groups is 2. The number of hydrogen-bond acceptors (Lipinski definition) is 3. The summed E-state index contributed by atoms with van der Waals surface area (Å²) in [5.74, 6) is -0.915. The number of rotatable bonds is 4. The third kappa shape index (κ3) is 1.58. The largest absolute Gasteiger partial charge is 0.481 e. The van der Waals surface area contributed by atoms with Crippen LogP contribution in [0.3, 0.4) is 0 Å². The zero-order valence-electron chi connectivity index (χ0n) is 7.87. The van der Waals surface area contributed by atoms with E-state index < -0.39 is 11.4 Å². The number of ether oxygens (including phenoxy) is 1. The van der Waals surface area contributed by atoms with Crippen LogP contribution < -0.4 is 0 Å². The first kappa shape index (κ1) is 10.2. The molecule has 1 aliphatic rings. The van der Waals surface area contributed by atoms with Crippen LogP contribution in [0.4, 0.5) is 0 Å². The molecule has 1 N–H and O–H groups in total. The van der Waals surface area contributed by atoms with Gasteiger partial charge in [-0.25, -0.2) is 0 Å². The number of Topliss-reactive ketones (excluding diaryl/α,β-unsaturated/α-hetero) is 1. The number of carboxylic acids is 1. The van der Waals surface area contributed by atoms with Gasteiger partial charge in [0.05, 0.1) is 6.10 Å². The minimum atomic E-state index is -0.951. The quantitative estimate of drug-likeness (QED) is 0.706. The minimum absolute atomic E-state index is 0.00829. The molecule has 4 nitrogen and oxygen atoms in total. The van der Waals surface area contributed by atoms with Gasteiger partial charge in [-0.05, 0) is 13.8 Å². The maximum Gasteiger partial charge on any atom is 0.313 e. The summed E-state index contributed by atoms with van der Waals surface area (Å²) in [4.78, 5) is 21.7. The van der Waals surface area contributed by atoms with Crippen molar-refractivity contribution < 1.29 is 19.4 Å². The fraction of sp³-hybridized carbons (Fsp3) is 0.778. The highest BCUT2D eigenvalue weighted by Gasteiger charge is 2.54. The van der Waals surface area contributed by atoms with Gasteiger partial charge in [0.25, 0.3) is 0 Å². The van der Waals surface area contributed by atoms with Crippen molar-refractivity contribution in [3.63, 3.8) is 0 Å². The fourth-order valence-corrected chi connectivity index (χ4v) is 1.67. The summed E-state index contributed by atoms with van der Waals surface area (Å²) in [6.45, 7) is 4.00. The summed E-state index contributed by atoms with van der Waals surface area (Å²) in [5.41, 5.74) is -0.951. The van der Waals surface area contributed by atoms with Crippen molar-refractivity contribution in [1.29, 1.82) is 0 Å². The molecule has 0 aromatic carbocycles. The predicted octanol–water partition coefficient (Wildman–Crippen LogP) is 0.845. The third-order valence-electron chi connectivity index (χ3n) is 2.65. The molecule has 0 heterocycles. The van der Waals surface area contributed by atoms with Crippen LogP contribution in [-0.4, -0.2) is 29.6 Å². The van der Waals surface area contributed by atoms with E-state index in [4.69, 9.17) is 9.84 Å². The molecular formula is C9H14O4. The van der Waals surface area contributed by atoms with Crippen LogP contribution in [0.2, 0.25) is 0 Å². The maximum absolute atomic E-state index is 10.9. The molecule has 1 unspecified atom stereocenters. The molecule has 0 aliphatic heterocycles. The van der Waals surface area contributed by atoms with Crippen LogP contribution in [0.15, 0.2) is 0 Å². The predicted molar refractivity (Wildman–Crippen MR) is 45.4 cm³/mol. The van der Waals surface area contributed by atoms with Gasteiger partial charge in [-0.2, -0.15) is 0 Å². The summed E-state index contributed by atoms with van der Waals surface area (Å²) in [5, 5.41) is 8.97. The number of hydrogen-bond donors (Lipinski definition) is 1. The van der Waals surface area contributed by atoms with Crippen molar-refractivity contribution >= 4 is 11.8 Å². The molecule has 13 heavy (non-hydrogen) atoms. The van der Waals surface area contributed by atoms with Crippen molar-refractivity contribution in [2.45, 2.75) is 32.8 Å². The molecule has 1 saturated carbocycles. The fourth-order valence-electron chi connectivity index (χ4n) is 1.67. The lowest BCUT2D eigenvalue weighted by Gasteiger charge is -2.40. The Labute approximate surface area is 76.9 Å². The normalized spacial score (nSPS) is 22.2. The number of carboxylic acid groups (broad SMARTS) is 1. The SMILES string of the molecule is CCOC(C)C1(C(=O)O)CC(=O)C1. The van der Waals surface area contributed by atoms with Gasteiger partial charge < -0.3 is 9.84 Å². The van der Waals surface area contributed by atoms with E-state index in [9.17, 15) is 9.59 Å². The maximum atomic E-state index is 10.9. The summed E-state index contributed by atoms with van der Waals surface area (Å²) in [7, 11) is 0. The first-order valence-electron chi connectivity index (χ1n) is 4.39. The van der Waals surface area contributed by atoms with Gasteiger partial charge in [-0.3, -0.25) is 9.59 Å². The van der Waals surface area contributed by atoms with Crippen LogP contribution >= 0.6 is 0 Å². The van der Waals surface area contributed by atoms with Crippen LogP contribution in [0.5, 0.6) is 0 Å². The van der Waals surface area contributed by atoms with Gasteiger partial charge in [0.2, 0.25) is 0 Å². The van der Waals surface area contributed by atoms with E-state index in [1.807, 2.05) is 6.92 Å². The molecule has 74 valence electrons. The highest BCUT2D eigenvalue weighted by atomic mass is 16.5. The van der Waals surface area contributed by atoms with Crippen LogP contribution in [0, 0.1) is 5.41 Å². The molecule has 0 spiro atoms. The monoisotopic (exact) mass is 186 g/mol. The van der Waals surface area contributed by atoms with E-state index in [0.29, 0.717) is 6.61 Å². The Bertz CT molecular complexity index is 226. The molecule has 4 heteroatoms. The summed E-state index contributed by atoms with van der Waals surface area (Å²) < 4.78 is 5.23. The zero-order chi connectivity index (χ0) is 10.1. The average Bonchev–Trinajstić information content (AvgIpc) is 1.98. The Morgan fingerprint density at radius 3 is 2.54 bits per heavy atom. The van der Waals surface area contributed by atoms with Crippen molar-refractivity contribution in [1.82, 2.24) is 0 Å². The Morgan fingerprint density at radius 1 is 1.69 bits per heavy atom. The van der Waals surface area contributed by atoms with Crippen molar-refractivity contribution in [3.05, 3.63) is 0 Å². The molecule has 0 aromatic heterocycles. The average molecular weight is 186 g/mol. The molecule has 0 radical (unpaired) electrons. The van der Waals surface area contributed by atoms with Gasteiger partial charge in [0, 0.05) is 19.4 Å². The van der Waals surface area contributed by atoms with E-state index in [1.54, 1.807) is 6.92 Å². The zero-order valence-corrected chi connectivity index (χ0v) is 7.87. The van der Waals surface area contributed by atoms with Crippen molar-refractivity contribution in [3.8, 4) is 0 Å². The van der Waals surface area contributed by atoms with Gasteiger partial charge in [-0.15, -0.1) is 0 Å². The molecule has 1 rings (SSSR count). The van der Waals surface area contributed by atoms with E-state index >= 15 is 0 Å². The van der Waals surface area contributed by atoms with E-state index in [0.717, 1.165) is 0 Å². The van der Waals surface area contributed by atoms with Crippen LogP contribution in [0.1, 0.15) is 26.7 Å². The van der Waals surface area contributed by atoms with Crippen molar-refractivity contribution in [2.75, 3.05) is 6.61 Å². The first-order chi connectivity index (χ1) is 6.03. The number of aliphatic carboxylic acids is 1. The Balaban J connectivity index is 2.69. The summed E-state index contributed by atoms with van der Waals surface area (Å²) >= 11 is 0. The van der Waals surface area contributed by atoms with Gasteiger partial charge in [-0.1, -0.05) is 0 Å². The third-order valence-corrected chi connectivity index (χ3v) is 2.65. The molecule has 1 atom stereocenters. The lowest BCUT2D eigenvalue weighted by molar-refractivity contribution is -0.173. The summed E-state index contributed by atoms with van der Waals surface area (Å²) in [6, 6.07) is 0. The topological polar surface area (TPSA) is 63.6 Å². The molecule has 0 saturated heterocycles. The summed E-state index contributed by atoms with van der Waals surface area (Å²) in [6.07, 6.45) is -0.153. The second-order valence-corrected chi connectivity index (χ2v) is 3.45. The van der Waals surface area contributed by atoms with Crippen molar-refractivity contribution in [2.24, 2.45) is 5.41 Å². The molecule has 0 aromatic rings. The molecular weight excluding hydrogens is 172 g/mol. The van der Waals surface area contributed by atoms with Gasteiger partial charge in [0.15, 0.2) is 0 Å². The number of carbonyl (C=O) groups excluding carboxylic acids is 1. The first-order valence-corrected chi connectivity index (χ1v) is 4.39. The Kier molecular flexibility index (Phi) is 2.71. The van der Waals surface area contributed by atoms with E-state index in [-0.39, 0.29) is 24.7 Å². The second kappa shape index (κ2) is 3.46. The number of ketones is 1. The minimum Gasteiger partial charge on any atom is -0.481 e. The lowest BCUT2D eigenvalue weighted by Crippen LogP contribution is -2.52. The molecule has 1 aliphatic carbocycles. The molecule has 0 bridgehead atoms. The highest BCUT2D eigenvalue weighted by Crippen LogP contribution is 2.42. The lowest BCUT2D eigenvalue weighted by atomic mass is 9.64. The van der Waals surface area contributed by atoms with E-state index in [2.05, 4.69) is 0 Å². The Morgan fingerprint density at radius 2 is 2.23 bits per heavy atom. The Hall–Kier alpha value is -0.900. The smallest absolute Gasteiger partial charge is 0.313 e. The van der Waals surface area contributed by atoms with E-state index in [1.165, 1.54) is 0 Å². The molecule has 1 fully saturated rings. The molecule has 0 amide bonds.